The van der Waals surface area contributed by atoms with Crippen molar-refractivity contribution in [2.75, 3.05) is 6.79 Å². The lowest BCUT2D eigenvalue weighted by Crippen LogP contribution is -2.12. The number of benzene rings is 1. The molecule has 1 aliphatic heterocycles. The van der Waals surface area contributed by atoms with E-state index in [1.807, 2.05) is 19.9 Å². The van der Waals surface area contributed by atoms with Crippen LogP contribution in [0.2, 0.25) is 0 Å². The van der Waals surface area contributed by atoms with Crippen molar-refractivity contribution in [2.24, 2.45) is 0 Å². The van der Waals surface area contributed by atoms with Crippen LogP contribution in [0.3, 0.4) is 0 Å². The average Bonchev–Trinajstić information content (AvgIpc) is 3.20. The Balaban J connectivity index is 1.36. The quantitative estimate of drug-likeness (QED) is 0.247. The number of hydrogen-bond acceptors (Lipinski definition) is 9. The first-order valence-corrected chi connectivity index (χ1v) is 10.3. The molecule has 0 radical (unpaired) electrons. The van der Waals surface area contributed by atoms with Gasteiger partial charge in [0.05, 0.1) is 5.75 Å². The molecule has 0 atom stereocenters. The third-order valence-electron chi connectivity index (χ3n) is 4.18. The lowest BCUT2D eigenvalue weighted by Gasteiger charge is -2.04. The van der Waals surface area contributed by atoms with Gasteiger partial charge in [0.2, 0.25) is 18.0 Å². The van der Waals surface area contributed by atoms with Gasteiger partial charge in [-0.2, -0.15) is 0 Å². The van der Waals surface area contributed by atoms with Crippen LogP contribution in [0.4, 0.5) is 0 Å². The van der Waals surface area contributed by atoms with Crippen molar-refractivity contribution < 1.29 is 23.4 Å². The summed E-state index contributed by atoms with van der Waals surface area (Å²) in [5.41, 5.74) is 2.02. The van der Waals surface area contributed by atoms with Gasteiger partial charge in [-0.25, -0.2) is 14.8 Å². The highest BCUT2D eigenvalue weighted by atomic mass is 32.2. The van der Waals surface area contributed by atoms with Crippen LogP contribution >= 0.6 is 11.8 Å². The summed E-state index contributed by atoms with van der Waals surface area (Å²) in [6, 6.07) is 8.44. The van der Waals surface area contributed by atoms with E-state index in [0.717, 1.165) is 23.2 Å². The largest absolute Gasteiger partial charge is 0.464 e. The van der Waals surface area contributed by atoms with Gasteiger partial charge in [0.15, 0.2) is 16.7 Å². The molecule has 1 aromatic carbocycles. The second kappa shape index (κ2) is 9.05. The zero-order valence-corrected chi connectivity index (χ0v) is 17.6. The fourth-order valence-corrected chi connectivity index (χ4v) is 3.65. The summed E-state index contributed by atoms with van der Waals surface area (Å²) >= 11 is 1.35. The summed E-state index contributed by atoms with van der Waals surface area (Å²) in [6.45, 7) is 3.96. The minimum atomic E-state index is -0.698. The van der Waals surface area contributed by atoms with E-state index in [0.29, 0.717) is 28.2 Å². The van der Waals surface area contributed by atoms with Crippen LogP contribution in [0.5, 0.6) is 17.2 Å². The van der Waals surface area contributed by atoms with Crippen molar-refractivity contribution >= 4 is 23.8 Å². The van der Waals surface area contributed by atoms with Gasteiger partial charge >= 0.3 is 5.97 Å². The Morgan fingerprint density at radius 2 is 1.90 bits per heavy atom. The molecule has 0 fully saturated rings. The summed E-state index contributed by atoms with van der Waals surface area (Å²) in [5.74, 6) is 1.17. The molecule has 0 amide bonds. The van der Waals surface area contributed by atoms with Crippen molar-refractivity contribution in [3.05, 3.63) is 75.6 Å². The van der Waals surface area contributed by atoms with Crippen LogP contribution in [0.25, 0.3) is 6.08 Å². The van der Waals surface area contributed by atoms with Gasteiger partial charge in [0, 0.05) is 23.5 Å². The number of hydrogen-bond donors (Lipinski definition) is 0. The minimum Gasteiger partial charge on any atom is -0.464 e. The van der Waals surface area contributed by atoms with Gasteiger partial charge in [-0.15, -0.1) is 0 Å². The second-order valence-electron chi connectivity index (χ2n) is 6.66. The van der Waals surface area contributed by atoms with Crippen molar-refractivity contribution in [1.29, 1.82) is 0 Å². The summed E-state index contributed by atoms with van der Waals surface area (Å²) in [5, 5.41) is 0.601. The normalized spacial score (nSPS) is 12.3. The third kappa shape index (κ3) is 5.32. The van der Waals surface area contributed by atoms with Gasteiger partial charge in [-0.05, 0) is 43.7 Å². The number of esters is 1. The maximum absolute atomic E-state index is 12.3. The standard InChI is InChI=1S/C22H18N2O6S/c1-13-7-14(2)24-22(23-13)31-11-16-9-17(25)20(10-27-16)30-21(26)6-4-15-3-5-18-19(8-15)29-12-28-18/h3-10H,11-12H2,1-2H3. The molecule has 4 rings (SSSR count). The number of ether oxygens (including phenoxy) is 3. The number of carbonyl (C=O) groups is 1. The Kier molecular flexibility index (Phi) is 6.03. The first kappa shape index (κ1) is 20.7. The smallest absolute Gasteiger partial charge is 0.336 e. The van der Waals surface area contributed by atoms with Crippen LogP contribution in [0, 0.1) is 13.8 Å². The molecule has 0 spiro atoms. The molecule has 9 heteroatoms. The van der Waals surface area contributed by atoms with Crippen molar-refractivity contribution in [1.82, 2.24) is 9.97 Å². The first-order chi connectivity index (χ1) is 15.0. The van der Waals surface area contributed by atoms with E-state index < -0.39 is 11.4 Å². The van der Waals surface area contributed by atoms with E-state index in [-0.39, 0.29) is 12.5 Å². The maximum Gasteiger partial charge on any atom is 0.336 e. The summed E-state index contributed by atoms with van der Waals surface area (Å²) in [6.07, 6.45) is 3.91. The van der Waals surface area contributed by atoms with Gasteiger partial charge < -0.3 is 18.6 Å². The molecule has 0 saturated heterocycles. The van der Waals surface area contributed by atoms with Crippen LogP contribution in [-0.2, 0) is 10.5 Å². The lowest BCUT2D eigenvalue weighted by atomic mass is 10.2. The van der Waals surface area contributed by atoms with E-state index in [1.54, 1.807) is 24.3 Å². The zero-order chi connectivity index (χ0) is 21.8. The molecule has 1 aliphatic rings. The van der Waals surface area contributed by atoms with E-state index in [2.05, 4.69) is 9.97 Å². The summed E-state index contributed by atoms with van der Waals surface area (Å²) in [4.78, 5) is 33.0. The third-order valence-corrected chi connectivity index (χ3v) is 5.05. The predicted octanol–water partition coefficient (Wildman–Crippen LogP) is 3.69. The average molecular weight is 438 g/mol. The molecule has 0 N–H and O–H groups in total. The Labute approximate surface area is 181 Å². The molecule has 2 aromatic heterocycles. The number of aromatic nitrogens is 2. The number of fused-ring (bicyclic) bond motifs is 1. The molecule has 31 heavy (non-hydrogen) atoms. The highest BCUT2D eigenvalue weighted by Gasteiger charge is 2.13. The fraction of sp³-hybridized carbons (Fsp3) is 0.182. The van der Waals surface area contributed by atoms with Gasteiger partial charge in [-0.3, -0.25) is 4.79 Å². The summed E-state index contributed by atoms with van der Waals surface area (Å²) in [7, 11) is 0. The highest BCUT2D eigenvalue weighted by Crippen LogP contribution is 2.32. The van der Waals surface area contributed by atoms with E-state index in [4.69, 9.17) is 18.6 Å². The first-order valence-electron chi connectivity index (χ1n) is 9.32. The molecule has 0 bridgehead atoms. The molecule has 0 unspecified atom stereocenters. The van der Waals surface area contributed by atoms with Crippen LogP contribution in [0.1, 0.15) is 22.7 Å². The molecule has 0 saturated carbocycles. The predicted molar refractivity (Wildman–Crippen MR) is 113 cm³/mol. The Hall–Kier alpha value is -3.59. The van der Waals surface area contributed by atoms with E-state index in [9.17, 15) is 9.59 Å². The van der Waals surface area contributed by atoms with Crippen LogP contribution in [0.15, 0.2) is 57.0 Å². The van der Waals surface area contributed by atoms with Crippen molar-refractivity contribution in [3.8, 4) is 17.2 Å². The number of rotatable bonds is 6. The van der Waals surface area contributed by atoms with E-state index in [1.165, 1.54) is 23.9 Å². The SMILES string of the molecule is Cc1cc(C)nc(SCc2cc(=O)c(OC(=O)C=Cc3ccc4c(c3)OCO4)co2)n1. The van der Waals surface area contributed by atoms with Crippen molar-refractivity contribution in [2.45, 2.75) is 24.8 Å². The van der Waals surface area contributed by atoms with Crippen molar-refractivity contribution in [3.63, 3.8) is 0 Å². The minimum absolute atomic E-state index is 0.173. The molecular formula is C22H18N2O6S. The number of carbonyl (C=O) groups excluding carboxylic acids is 1. The molecule has 3 aromatic rings. The Morgan fingerprint density at radius 1 is 1.13 bits per heavy atom. The van der Waals surface area contributed by atoms with Crippen LogP contribution in [-0.4, -0.2) is 22.7 Å². The molecular weight excluding hydrogens is 420 g/mol. The van der Waals surface area contributed by atoms with Gasteiger partial charge in [0.1, 0.15) is 12.0 Å². The monoisotopic (exact) mass is 438 g/mol. The zero-order valence-electron chi connectivity index (χ0n) is 16.8. The number of thioether (sulfide) groups is 1. The fourth-order valence-electron chi connectivity index (χ4n) is 2.81. The molecule has 158 valence electrons. The second-order valence-corrected chi connectivity index (χ2v) is 7.61. The summed E-state index contributed by atoms with van der Waals surface area (Å²) < 4.78 is 21.1. The molecule has 0 aliphatic carbocycles. The van der Waals surface area contributed by atoms with Gasteiger partial charge in [-0.1, -0.05) is 17.8 Å². The topological polar surface area (TPSA) is 101 Å². The maximum atomic E-state index is 12.3. The highest BCUT2D eigenvalue weighted by molar-refractivity contribution is 7.98. The molecule has 8 nitrogen and oxygen atoms in total. The van der Waals surface area contributed by atoms with Gasteiger partial charge in [0.25, 0.3) is 0 Å². The lowest BCUT2D eigenvalue weighted by molar-refractivity contribution is -0.129. The number of nitrogens with zero attached hydrogens (tertiary/aromatic N) is 2. The van der Waals surface area contributed by atoms with E-state index >= 15 is 0 Å². The number of aryl methyl sites for hydroxylation is 2. The Morgan fingerprint density at radius 3 is 2.68 bits per heavy atom. The molecule has 3 heterocycles. The Bertz CT molecular complexity index is 1200. The van der Waals surface area contributed by atoms with Crippen LogP contribution < -0.4 is 19.6 Å².